The van der Waals surface area contributed by atoms with Crippen LogP contribution in [0.1, 0.15) is 78.6 Å². The lowest BCUT2D eigenvalue weighted by Gasteiger charge is -2.27. The van der Waals surface area contributed by atoms with E-state index in [1.165, 1.54) is 57.8 Å². The van der Waals surface area contributed by atoms with Gasteiger partial charge in [0.25, 0.3) is 0 Å². The molecule has 2 atom stereocenters. The highest BCUT2D eigenvalue weighted by Crippen LogP contribution is 2.41. The molecule has 0 amide bonds. The highest BCUT2D eigenvalue weighted by atomic mass is 15.0. The molecule has 2 saturated carbocycles. The Hall–Kier alpha value is -0.0400. The van der Waals surface area contributed by atoms with Gasteiger partial charge in [-0.25, -0.2) is 0 Å². The van der Waals surface area contributed by atoms with E-state index >= 15 is 0 Å². The standard InChI is InChI=1S/C16H31N/c1-13-11-16(2,3)12-15(13)17-14-9-7-5-4-6-8-10-14/h13-15,17H,4-12H2,1-3H3. The van der Waals surface area contributed by atoms with Crippen LogP contribution in [0.5, 0.6) is 0 Å². The van der Waals surface area contributed by atoms with Crippen LogP contribution in [0.2, 0.25) is 0 Å². The van der Waals surface area contributed by atoms with Crippen LogP contribution >= 0.6 is 0 Å². The van der Waals surface area contributed by atoms with Crippen molar-refractivity contribution in [2.24, 2.45) is 11.3 Å². The van der Waals surface area contributed by atoms with Gasteiger partial charge in [0, 0.05) is 12.1 Å². The molecule has 0 aromatic carbocycles. The molecule has 0 aromatic heterocycles. The zero-order chi connectivity index (χ0) is 12.3. The van der Waals surface area contributed by atoms with Crippen LogP contribution in [0.4, 0.5) is 0 Å². The fraction of sp³-hybridized carbons (Fsp3) is 1.00. The highest BCUT2D eigenvalue weighted by molar-refractivity contribution is 4.92. The van der Waals surface area contributed by atoms with Crippen LogP contribution in [0.25, 0.3) is 0 Å². The molecule has 1 nitrogen and oxygen atoms in total. The Bertz CT molecular complexity index is 226. The second-order valence-electron chi connectivity index (χ2n) is 7.36. The van der Waals surface area contributed by atoms with Gasteiger partial charge >= 0.3 is 0 Å². The lowest BCUT2D eigenvalue weighted by Crippen LogP contribution is -2.40. The highest BCUT2D eigenvalue weighted by Gasteiger charge is 2.37. The normalized spacial score (nSPS) is 35.5. The quantitative estimate of drug-likeness (QED) is 0.745. The Balaban J connectivity index is 1.82. The second-order valence-corrected chi connectivity index (χ2v) is 7.36. The summed E-state index contributed by atoms with van der Waals surface area (Å²) in [5.41, 5.74) is 0.568. The van der Waals surface area contributed by atoms with Crippen molar-refractivity contribution in [3.63, 3.8) is 0 Å². The first kappa shape index (κ1) is 13.4. The Labute approximate surface area is 108 Å². The van der Waals surface area contributed by atoms with Crippen LogP contribution in [-0.2, 0) is 0 Å². The van der Waals surface area contributed by atoms with Crippen molar-refractivity contribution in [3.05, 3.63) is 0 Å². The molecule has 1 N–H and O–H groups in total. The SMILES string of the molecule is CC1CC(C)(C)CC1NC1CCCCCCC1. The zero-order valence-electron chi connectivity index (χ0n) is 12.1. The van der Waals surface area contributed by atoms with Crippen molar-refractivity contribution in [1.29, 1.82) is 0 Å². The summed E-state index contributed by atoms with van der Waals surface area (Å²) in [6.45, 7) is 7.31. The van der Waals surface area contributed by atoms with Gasteiger partial charge in [0.05, 0.1) is 0 Å². The van der Waals surface area contributed by atoms with Crippen LogP contribution in [-0.4, -0.2) is 12.1 Å². The summed E-state index contributed by atoms with van der Waals surface area (Å²) in [5.74, 6) is 0.871. The largest absolute Gasteiger partial charge is 0.311 e. The van der Waals surface area contributed by atoms with Crippen molar-refractivity contribution in [2.75, 3.05) is 0 Å². The van der Waals surface area contributed by atoms with Gasteiger partial charge in [-0.3, -0.25) is 0 Å². The molecule has 0 saturated heterocycles. The summed E-state index contributed by atoms with van der Waals surface area (Å²) in [6, 6.07) is 1.60. The van der Waals surface area contributed by atoms with E-state index in [9.17, 15) is 0 Å². The van der Waals surface area contributed by atoms with Crippen LogP contribution in [0.15, 0.2) is 0 Å². The Kier molecular flexibility index (Phi) is 4.52. The first-order valence-electron chi connectivity index (χ1n) is 7.83. The summed E-state index contributed by atoms with van der Waals surface area (Å²) >= 11 is 0. The molecule has 0 spiro atoms. The maximum atomic E-state index is 3.99. The minimum atomic E-state index is 0.568. The Morgan fingerprint density at radius 3 is 2.00 bits per heavy atom. The van der Waals surface area contributed by atoms with Gasteiger partial charge in [-0.15, -0.1) is 0 Å². The minimum absolute atomic E-state index is 0.568. The molecule has 0 radical (unpaired) electrons. The summed E-state index contributed by atoms with van der Waals surface area (Å²) in [6.07, 6.45) is 12.9. The molecule has 2 fully saturated rings. The molecule has 2 aliphatic carbocycles. The van der Waals surface area contributed by atoms with Crippen molar-refractivity contribution >= 4 is 0 Å². The molecule has 2 rings (SSSR count). The van der Waals surface area contributed by atoms with E-state index in [2.05, 4.69) is 26.1 Å². The van der Waals surface area contributed by atoms with Crippen LogP contribution in [0.3, 0.4) is 0 Å². The molecule has 0 aliphatic heterocycles. The van der Waals surface area contributed by atoms with Gasteiger partial charge < -0.3 is 5.32 Å². The molecular formula is C16H31N. The number of nitrogens with one attached hydrogen (secondary N) is 1. The first-order valence-corrected chi connectivity index (χ1v) is 7.83. The third-order valence-corrected chi connectivity index (χ3v) is 4.89. The maximum absolute atomic E-state index is 3.99. The van der Waals surface area contributed by atoms with E-state index in [0.29, 0.717) is 5.41 Å². The van der Waals surface area contributed by atoms with Gasteiger partial charge in [-0.05, 0) is 37.0 Å². The molecule has 2 unspecified atom stereocenters. The lowest BCUT2D eigenvalue weighted by molar-refractivity contribution is 0.314. The predicted molar refractivity (Wildman–Crippen MR) is 75.2 cm³/mol. The molecule has 0 bridgehead atoms. The van der Waals surface area contributed by atoms with Gasteiger partial charge in [-0.2, -0.15) is 0 Å². The number of rotatable bonds is 2. The van der Waals surface area contributed by atoms with Crippen molar-refractivity contribution in [2.45, 2.75) is 90.6 Å². The Morgan fingerprint density at radius 2 is 1.47 bits per heavy atom. The van der Waals surface area contributed by atoms with E-state index in [1.807, 2.05) is 0 Å². The van der Waals surface area contributed by atoms with E-state index < -0.39 is 0 Å². The molecule has 1 heteroatoms. The monoisotopic (exact) mass is 237 g/mol. The minimum Gasteiger partial charge on any atom is -0.311 e. The average Bonchev–Trinajstić information content (AvgIpc) is 2.44. The third-order valence-electron chi connectivity index (χ3n) is 4.89. The van der Waals surface area contributed by atoms with E-state index in [0.717, 1.165) is 18.0 Å². The van der Waals surface area contributed by atoms with E-state index in [4.69, 9.17) is 0 Å². The van der Waals surface area contributed by atoms with Crippen LogP contribution < -0.4 is 5.32 Å². The van der Waals surface area contributed by atoms with E-state index in [1.54, 1.807) is 0 Å². The summed E-state index contributed by atoms with van der Waals surface area (Å²) in [4.78, 5) is 0. The van der Waals surface area contributed by atoms with Gasteiger partial charge in [-0.1, -0.05) is 52.9 Å². The molecular weight excluding hydrogens is 206 g/mol. The summed E-state index contributed by atoms with van der Waals surface area (Å²) in [7, 11) is 0. The molecule has 2 aliphatic rings. The Morgan fingerprint density at radius 1 is 0.882 bits per heavy atom. The zero-order valence-corrected chi connectivity index (χ0v) is 12.1. The maximum Gasteiger partial charge on any atom is 0.0101 e. The average molecular weight is 237 g/mol. The summed E-state index contributed by atoms with van der Waals surface area (Å²) < 4.78 is 0. The van der Waals surface area contributed by atoms with Gasteiger partial charge in [0.15, 0.2) is 0 Å². The fourth-order valence-electron chi connectivity index (χ4n) is 4.04. The van der Waals surface area contributed by atoms with Crippen molar-refractivity contribution in [1.82, 2.24) is 5.32 Å². The second kappa shape index (κ2) is 5.73. The number of hydrogen-bond acceptors (Lipinski definition) is 1. The smallest absolute Gasteiger partial charge is 0.0101 e. The fourth-order valence-corrected chi connectivity index (χ4v) is 4.04. The molecule has 100 valence electrons. The van der Waals surface area contributed by atoms with E-state index in [-0.39, 0.29) is 0 Å². The molecule has 17 heavy (non-hydrogen) atoms. The van der Waals surface area contributed by atoms with Crippen molar-refractivity contribution < 1.29 is 0 Å². The number of hydrogen-bond donors (Lipinski definition) is 1. The first-order chi connectivity index (χ1) is 8.07. The lowest BCUT2D eigenvalue weighted by atomic mass is 9.91. The van der Waals surface area contributed by atoms with Gasteiger partial charge in [0.1, 0.15) is 0 Å². The molecule has 0 heterocycles. The molecule has 0 aromatic rings. The third kappa shape index (κ3) is 3.98. The summed E-state index contributed by atoms with van der Waals surface area (Å²) in [5, 5.41) is 3.99. The van der Waals surface area contributed by atoms with Crippen LogP contribution in [0, 0.1) is 11.3 Å². The van der Waals surface area contributed by atoms with Gasteiger partial charge in [0.2, 0.25) is 0 Å². The predicted octanol–water partition coefficient (Wildman–Crippen LogP) is 4.51. The topological polar surface area (TPSA) is 12.0 Å². The van der Waals surface area contributed by atoms with Crippen molar-refractivity contribution in [3.8, 4) is 0 Å².